The highest BCUT2D eigenvalue weighted by molar-refractivity contribution is 7.19. The first-order valence-corrected chi connectivity index (χ1v) is 4.95. The molecule has 0 unspecified atom stereocenters. The van der Waals surface area contributed by atoms with Crippen molar-refractivity contribution >= 4 is 28.1 Å². The van der Waals surface area contributed by atoms with Crippen molar-refractivity contribution in [1.29, 1.82) is 0 Å². The standard InChI is InChI=1S/C7H11ClN2OS/c1-2-5(11)3-9-7-10-4-6(8)12-7/h4-5,11H,2-3H2,1H3,(H,9,10)/t5-/m0/s1. The largest absolute Gasteiger partial charge is 0.391 e. The van der Waals surface area contributed by atoms with Crippen molar-refractivity contribution < 1.29 is 5.11 Å². The number of hydrogen-bond donors (Lipinski definition) is 2. The van der Waals surface area contributed by atoms with E-state index in [1.54, 1.807) is 6.20 Å². The van der Waals surface area contributed by atoms with Crippen LogP contribution in [0.15, 0.2) is 6.20 Å². The van der Waals surface area contributed by atoms with Crippen LogP contribution < -0.4 is 5.32 Å². The second kappa shape index (κ2) is 4.64. The highest BCUT2D eigenvalue weighted by atomic mass is 35.5. The molecule has 0 radical (unpaired) electrons. The van der Waals surface area contributed by atoms with Gasteiger partial charge in [-0.05, 0) is 6.42 Å². The van der Waals surface area contributed by atoms with Crippen LogP contribution in [0.1, 0.15) is 13.3 Å². The number of thiazole rings is 1. The smallest absolute Gasteiger partial charge is 0.184 e. The van der Waals surface area contributed by atoms with Gasteiger partial charge in [0.2, 0.25) is 0 Å². The minimum atomic E-state index is -0.312. The molecule has 0 bridgehead atoms. The molecule has 0 aliphatic heterocycles. The summed E-state index contributed by atoms with van der Waals surface area (Å²) < 4.78 is 0.656. The van der Waals surface area contributed by atoms with Crippen molar-refractivity contribution in [3.63, 3.8) is 0 Å². The maximum absolute atomic E-state index is 9.21. The van der Waals surface area contributed by atoms with Crippen LogP contribution in [0.5, 0.6) is 0 Å². The number of hydrogen-bond acceptors (Lipinski definition) is 4. The third kappa shape index (κ3) is 2.97. The first kappa shape index (κ1) is 9.77. The normalized spacial score (nSPS) is 12.9. The van der Waals surface area contributed by atoms with E-state index in [0.29, 0.717) is 10.9 Å². The van der Waals surface area contributed by atoms with Gasteiger partial charge in [-0.3, -0.25) is 0 Å². The van der Waals surface area contributed by atoms with Crippen molar-refractivity contribution in [2.45, 2.75) is 19.4 Å². The SMILES string of the molecule is CC[C@H](O)CNc1ncc(Cl)s1. The van der Waals surface area contributed by atoms with E-state index in [0.717, 1.165) is 11.6 Å². The van der Waals surface area contributed by atoms with Gasteiger partial charge in [-0.1, -0.05) is 29.9 Å². The summed E-state index contributed by atoms with van der Waals surface area (Å²) in [7, 11) is 0. The molecule has 68 valence electrons. The van der Waals surface area contributed by atoms with E-state index in [4.69, 9.17) is 11.6 Å². The summed E-state index contributed by atoms with van der Waals surface area (Å²) in [6, 6.07) is 0. The molecule has 0 aliphatic carbocycles. The van der Waals surface area contributed by atoms with Crippen molar-refractivity contribution in [3.05, 3.63) is 10.5 Å². The highest BCUT2D eigenvalue weighted by Crippen LogP contribution is 2.22. The van der Waals surface area contributed by atoms with Crippen LogP contribution in [0.4, 0.5) is 5.13 Å². The zero-order valence-corrected chi connectivity index (χ0v) is 8.32. The fourth-order valence-electron chi connectivity index (χ4n) is 0.686. The summed E-state index contributed by atoms with van der Waals surface area (Å²) in [4.78, 5) is 3.99. The fraction of sp³-hybridized carbons (Fsp3) is 0.571. The predicted molar refractivity (Wildman–Crippen MR) is 51.9 cm³/mol. The monoisotopic (exact) mass is 206 g/mol. The van der Waals surface area contributed by atoms with Gasteiger partial charge in [-0.2, -0.15) is 0 Å². The molecule has 0 fully saturated rings. The third-order valence-corrected chi connectivity index (χ3v) is 2.51. The Labute approximate surface area is 80.4 Å². The number of aliphatic hydroxyl groups excluding tert-OH is 1. The second-order valence-corrected chi connectivity index (χ2v) is 4.07. The lowest BCUT2D eigenvalue weighted by molar-refractivity contribution is 0.183. The summed E-state index contributed by atoms with van der Waals surface area (Å²) in [6.45, 7) is 2.46. The zero-order valence-electron chi connectivity index (χ0n) is 6.75. The molecule has 1 aromatic heterocycles. The van der Waals surface area contributed by atoms with Crippen LogP contribution in [0.3, 0.4) is 0 Å². The topological polar surface area (TPSA) is 45.1 Å². The molecule has 0 saturated heterocycles. The van der Waals surface area contributed by atoms with E-state index < -0.39 is 0 Å². The van der Waals surface area contributed by atoms with Crippen molar-refractivity contribution in [2.24, 2.45) is 0 Å². The quantitative estimate of drug-likeness (QED) is 0.792. The molecule has 0 saturated carbocycles. The van der Waals surface area contributed by atoms with E-state index >= 15 is 0 Å². The number of aromatic nitrogens is 1. The number of nitrogens with zero attached hydrogens (tertiary/aromatic N) is 1. The summed E-state index contributed by atoms with van der Waals surface area (Å²) in [5.74, 6) is 0. The first-order chi connectivity index (χ1) is 5.72. The van der Waals surface area contributed by atoms with Gasteiger partial charge in [0, 0.05) is 6.54 Å². The Hall–Kier alpha value is -0.320. The molecule has 5 heteroatoms. The van der Waals surface area contributed by atoms with Gasteiger partial charge in [0.1, 0.15) is 4.34 Å². The van der Waals surface area contributed by atoms with Crippen LogP contribution >= 0.6 is 22.9 Å². The van der Waals surface area contributed by atoms with E-state index in [2.05, 4.69) is 10.3 Å². The zero-order chi connectivity index (χ0) is 8.97. The molecular formula is C7H11ClN2OS. The molecule has 12 heavy (non-hydrogen) atoms. The van der Waals surface area contributed by atoms with E-state index in [-0.39, 0.29) is 6.10 Å². The van der Waals surface area contributed by atoms with E-state index in [9.17, 15) is 5.11 Å². The molecule has 1 rings (SSSR count). The predicted octanol–water partition coefficient (Wildman–Crippen LogP) is 1.98. The van der Waals surface area contributed by atoms with Gasteiger partial charge in [-0.25, -0.2) is 4.98 Å². The van der Waals surface area contributed by atoms with Crippen LogP contribution in [-0.4, -0.2) is 22.7 Å². The maximum atomic E-state index is 9.21. The molecule has 2 N–H and O–H groups in total. The van der Waals surface area contributed by atoms with E-state index in [1.807, 2.05) is 6.92 Å². The van der Waals surface area contributed by atoms with Gasteiger partial charge < -0.3 is 10.4 Å². The molecule has 0 amide bonds. The van der Waals surface area contributed by atoms with E-state index in [1.165, 1.54) is 11.3 Å². The minimum absolute atomic E-state index is 0.312. The number of nitrogens with one attached hydrogen (secondary N) is 1. The Morgan fingerprint density at radius 2 is 2.58 bits per heavy atom. The number of halogens is 1. The summed E-state index contributed by atoms with van der Waals surface area (Å²) in [6.07, 6.45) is 2.02. The average Bonchev–Trinajstić information content (AvgIpc) is 2.47. The lowest BCUT2D eigenvalue weighted by atomic mass is 10.3. The molecule has 1 atom stereocenters. The lowest BCUT2D eigenvalue weighted by Crippen LogP contribution is -2.17. The molecule has 3 nitrogen and oxygen atoms in total. The fourth-order valence-corrected chi connectivity index (χ4v) is 1.50. The van der Waals surface area contributed by atoms with Gasteiger partial charge in [-0.15, -0.1) is 0 Å². The van der Waals surface area contributed by atoms with Gasteiger partial charge in [0.05, 0.1) is 12.3 Å². The van der Waals surface area contributed by atoms with Crippen LogP contribution in [0.2, 0.25) is 4.34 Å². The molecule has 1 aromatic rings. The first-order valence-electron chi connectivity index (χ1n) is 3.75. The number of anilines is 1. The number of rotatable bonds is 4. The Bertz CT molecular complexity index is 241. The van der Waals surface area contributed by atoms with Crippen molar-refractivity contribution in [3.8, 4) is 0 Å². The second-order valence-electron chi connectivity index (χ2n) is 2.41. The Morgan fingerprint density at radius 3 is 3.08 bits per heavy atom. The lowest BCUT2D eigenvalue weighted by Gasteiger charge is -2.06. The van der Waals surface area contributed by atoms with Gasteiger partial charge >= 0.3 is 0 Å². The molecule has 1 heterocycles. The van der Waals surface area contributed by atoms with Crippen LogP contribution in [-0.2, 0) is 0 Å². The summed E-state index contributed by atoms with van der Waals surface area (Å²) in [5.41, 5.74) is 0. The highest BCUT2D eigenvalue weighted by Gasteiger charge is 2.02. The van der Waals surface area contributed by atoms with Crippen molar-refractivity contribution in [1.82, 2.24) is 4.98 Å². The molecule has 0 aliphatic rings. The molecular weight excluding hydrogens is 196 g/mol. The summed E-state index contributed by atoms with van der Waals surface area (Å²) in [5, 5.41) is 13.0. The molecule has 0 spiro atoms. The molecule has 0 aromatic carbocycles. The van der Waals surface area contributed by atoms with Gasteiger partial charge in [0.15, 0.2) is 5.13 Å². The van der Waals surface area contributed by atoms with Gasteiger partial charge in [0.25, 0.3) is 0 Å². The summed E-state index contributed by atoms with van der Waals surface area (Å²) >= 11 is 7.04. The number of aliphatic hydroxyl groups is 1. The van der Waals surface area contributed by atoms with Crippen LogP contribution in [0.25, 0.3) is 0 Å². The Balaban J connectivity index is 2.33. The minimum Gasteiger partial charge on any atom is -0.391 e. The Kier molecular flexibility index (Phi) is 3.78. The van der Waals surface area contributed by atoms with Crippen LogP contribution in [0, 0.1) is 0 Å². The Morgan fingerprint density at radius 1 is 1.83 bits per heavy atom. The maximum Gasteiger partial charge on any atom is 0.184 e. The van der Waals surface area contributed by atoms with Crippen molar-refractivity contribution in [2.75, 3.05) is 11.9 Å². The third-order valence-electron chi connectivity index (χ3n) is 1.44. The average molecular weight is 207 g/mol.